The van der Waals surface area contributed by atoms with Gasteiger partial charge in [-0.1, -0.05) is 30.9 Å². The Morgan fingerprint density at radius 2 is 2.40 bits per heavy atom. The highest BCUT2D eigenvalue weighted by atomic mass is 32.2. The summed E-state index contributed by atoms with van der Waals surface area (Å²) in [5.41, 5.74) is 0. The van der Waals surface area contributed by atoms with Crippen molar-refractivity contribution in [3.05, 3.63) is 0 Å². The Hall–Kier alpha value is -0.660. The highest BCUT2D eigenvalue weighted by Crippen LogP contribution is 2.29. The van der Waals surface area contributed by atoms with Gasteiger partial charge in [-0.15, -0.1) is 0 Å². The first-order valence-corrected chi connectivity index (χ1v) is 8.31. The number of hydrogen-bond acceptors (Lipinski definition) is 5. The number of carbonyl (C=O) groups is 2. The van der Waals surface area contributed by atoms with Crippen molar-refractivity contribution in [2.75, 3.05) is 19.7 Å². The number of thiocarbonyl (C=S) groups is 1. The van der Waals surface area contributed by atoms with E-state index >= 15 is 0 Å². The van der Waals surface area contributed by atoms with Gasteiger partial charge in [0.1, 0.15) is 4.32 Å². The van der Waals surface area contributed by atoms with Crippen LogP contribution in [0.1, 0.15) is 32.6 Å². The molecule has 5 nitrogen and oxygen atoms in total. The summed E-state index contributed by atoms with van der Waals surface area (Å²) in [6.45, 7) is 3.69. The molecule has 2 aliphatic heterocycles. The van der Waals surface area contributed by atoms with Crippen LogP contribution in [0.2, 0.25) is 0 Å². The van der Waals surface area contributed by atoms with Crippen LogP contribution in [0.15, 0.2) is 0 Å². The molecule has 0 saturated carbocycles. The predicted octanol–water partition coefficient (Wildman–Crippen LogP) is 1.31. The molecule has 2 heterocycles. The van der Waals surface area contributed by atoms with Crippen molar-refractivity contribution in [1.82, 2.24) is 10.2 Å². The van der Waals surface area contributed by atoms with Crippen molar-refractivity contribution in [3.63, 3.8) is 0 Å². The maximum atomic E-state index is 12.0. The zero-order valence-electron chi connectivity index (χ0n) is 11.6. The molecule has 2 aliphatic rings. The van der Waals surface area contributed by atoms with E-state index in [1.165, 1.54) is 11.8 Å². The molecular formula is C13H20N2O3S2. The van der Waals surface area contributed by atoms with Crippen molar-refractivity contribution < 1.29 is 14.3 Å². The lowest BCUT2D eigenvalue weighted by molar-refractivity contribution is -0.127. The van der Waals surface area contributed by atoms with E-state index in [-0.39, 0.29) is 29.6 Å². The average molecular weight is 316 g/mol. The number of nitrogens with zero attached hydrogens (tertiary/aromatic N) is 1. The van der Waals surface area contributed by atoms with Crippen LogP contribution in [-0.4, -0.2) is 52.1 Å². The van der Waals surface area contributed by atoms with Gasteiger partial charge in [0.2, 0.25) is 11.8 Å². The van der Waals surface area contributed by atoms with Crippen molar-refractivity contribution in [2.24, 2.45) is 0 Å². The summed E-state index contributed by atoms with van der Waals surface area (Å²) in [5, 5.41) is 2.78. The highest BCUT2D eigenvalue weighted by molar-refractivity contribution is 8.24. The van der Waals surface area contributed by atoms with Gasteiger partial charge in [-0.3, -0.25) is 14.5 Å². The second kappa shape index (κ2) is 7.38. The fourth-order valence-electron chi connectivity index (χ4n) is 2.29. The van der Waals surface area contributed by atoms with Gasteiger partial charge in [0.05, 0.1) is 11.4 Å². The SMILES string of the molecule is CCC1SC(=S)N(CCC(=O)NCC2CCCO2)C1=O. The molecule has 0 aromatic heterocycles. The molecule has 1 N–H and O–H groups in total. The lowest BCUT2D eigenvalue weighted by atomic mass is 10.2. The molecule has 2 amide bonds. The van der Waals surface area contributed by atoms with Crippen LogP contribution in [0.5, 0.6) is 0 Å². The fourth-order valence-corrected chi connectivity index (χ4v) is 3.77. The summed E-state index contributed by atoms with van der Waals surface area (Å²) in [4.78, 5) is 25.3. The topological polar surface area (TPSA) is 58.6 Å². The van der Waals surface area contributed by atoms with E-state index in [4.69, 9.17) is 17.0 Å². The summed E-state index contributed by atoms with van der Waals surface area (Å²) in [7, 11) is 0. The van der Waals surface area contributed by atoms with Crippen LogP contribution in [0.3, 0.4) is 0 Å². The first-order valence-electron chi connectivity index (χ1n) is 7.02. The maximum absolute atomic E-state index is 12.0. The van der Waals surface area contributed by atoms with E-state index < -0.39 is 0 Å². The van der Waals surface area contributed by atoms with Crippen LogP contribution >= 0.6 is 24.0 Å². The average Bonchev–Trinajstić information content (AvgIpc) is 3.03. The number of ether oxygens (including phenoxy) is 1. The molecule has 2 saturated heterocycles. The van der Waals surface area contributed by atoms with Gasteiger partial charge in [0.25, 0.3) is 0 Å². The molecule has 0 aromatic rings. The highest BCUT2D eigenvalue weighted by Gasteiger charge is 2.35. The van der Waals surface area contributed by atoms with E-state index in [1.807, 2.05) is 6.92 Å². The maximum Gasteiger partial charge on any atom is 0.241 e. The van der Waals surface area contributed by atoms with Crippen LogP contribution in [0, 0.1) is 0 Å². The van der Waals surface area contributed by atoms with Crippen molar-refractivity contribution >= 4 is 40.1 Å². The van der Waals surface area contributed by atoms with E-state index in [1.54, 1.807) is 4.90 Å². The zero-order valence-corrected chi connectivity index (χ0v) is 13.2. The Morgan fingerprint density at radius 1 is 1.60 bits per heavy atom. The quantitative estimate of drug-likeness (QED) is 0.749. The van der Waals surface area contributed by atoms with Crippen LogP contribution in [0.25, 0.3) is 0 Å². The third kappa shape index (κ3) is 3.93. The van der Waals surface area contributed by atoms with Crippen molar-refractivity contribution in [3.8, 4) is 0 Å². The standard InChI is InChI=1S/C13H20N2O3S2/c1-2-10-12(17)15(13(19)20-10)6-5-11(16)14-8-9-4-3-7-18-9/h9-10H,2-8H2,1H3,(H,14,16). The molecule has 0 bridgehead atoms. The third-order valence-electron chi connectivity index (χ3n) is 3.49. The fraction of sp³-hybridized carbons (Fsp3) is 0.769. The lowest BCUT2D eigenvalue weighted by Gasteiger charge is -2.16. The third-order valence-corrected chi connectivity index (χ3v) is 5.24. The predicted molar refractivity (Wildman–Crippen MR) is 82.6 cm³/mol. The molecule has 112 valence electrons. The molecule has 0 radical (unpaired) electrons. The molecule has 0 spiro atoms. The first kappa shape index (κ1) is 15.7. The van der Waals surface area contributed by atoms with E-state index in [9.17, 15) is 9.59 Å². The van der Waals surface area contributed by atoms with Gasteiger partial charge in [-0.05, 0) is 19.3 Å². The van der Waals surface area contributed by atoms with Gasteiger partial charge in [0, 0.05) is 26.1 Å². The van der Waals surface area contributed by atoms with Gasteiger partial charge in [-0.2, -0.15) is 0 Å². The molecule has 7 heteroatoms. The number of amides is 2. The molecular weight excluding hydrogens is 296 g/mol. The Kier molecular flexibility index (Phi) is 5.80. The zero-order chi connectivity index (χ0) is 14.5. The van der Waals surface area contributed by atoms with E-state index in [0.29, 0.717) is 17.4 Å². The van der Waals surface area contributed by atoms with E-state index in [0.717, 1.165) is 25.9 Å². The summed E-state index contributed by atoms with van der Waals surface area (Å²) in [5.74, 6) is -0.0181. The van der Waals surface area contributed by atoms with Gasteiger partial charge < -0.3 is 10.1 Å². The van der Waals surface area contributed by atoms with Crippen molar-refractivity contribution in [1.29, 1.82) is 0 Å². The summed E-state index contributed by atoms with van der Waals surface area (Å²) >= 11 is 6.60. The number of rotatable bonds is 6. The molecule has 2 fully saturated rings. The number of carbonyl (C=O) groups excluding carboxylic acids is 2. The summed E-state index contributed by atoms with van der Waals surface area (Å²) in [6.07, 6.45) is 3.27. The minimum Gasteiger partial charge on any atom is -0.376 e. The molecule has 2 unspecified atom stereocenters. The van der Waals surface area contributed by atoms with Gasteiger partial charge in [-0.25, -0.2) is 0 Å². The van der Waals surface area contributed by atoms with Gasteiger partial charge in [0.15, 0.2) is 0 Å². The smallest absolute Gasteiger partial charge is 0.241 e. The molecule has 0 aliphatic carbocycles. The summed E-state index contributed by atoms with van der Waals surface area (Å²) < 4.78 is 6.03. The Labute approximate surface area is 128 Å². The number of hydrogen-bond donors (Lipinski definition) is 1. The number of thioether (sulfide) groups is 1. The second-order valence-electron chi connectivity index (χ2n) is 4.96. The minimum absolute atomic E-state index is 0.0365. The van der Waals surface area contributed by atoms with Crippen LogP contribution in [0.4, 0.5) is 0 Å². The Balaban J connectivity index is 1.70. The first-order chi connectivity index (χ1) is 9.61. The molecule has 20 heavy (non-hydrogen) atoms. The summed E-state index contributed by atoms with van der Waals surface area (Å²) in [6, 6.07) is 0. The van der Waals surface area contributed by atoms with Crippen LogP contribution < -0.4 is 5.32 Å². The minimum atomic E-state index is -0.0718. The largest absolute Gasteiger partial charge is 0.376 e. The van der Waals surface area contributed by atoms with Crippen molar-refractivity contribution in [2.45, 2.75) is 44.0 Å². The normalized spacial score (nSPS) is 26.4. The van der Waals surface area contributed by atoms with Crippen LogP contribution in [-0.2, 0) is 14.3 Å². The lowest BCUT2D eigenvalue weighted by Crippen LogP contribution is -2.37. The Bertz CT molecular complexity index is 397. The molecule has 0 aromatic carbocycles. The van der Waals surface area contributed by atoms with E-state index in [2.05, 4.69) is 5.32 Å². The van der Waals surface area contributed by atoms with Gasteiger partial charge >= 0.3 is 0 Å². The second-order valence-corrected chi connectivity index (χ2v) is 6.80. The molecule has 2 rings (SSSR count). The molecule has 2 atom stereocenters. The monoisotopic (exact) mass is 316 g/mol. The number of nitrogens with one attached hydrogen (secondary N) is 1. The Morgan fingerprint density at radius 3 is 3.00 bits per heavy atom.